The number of H-pyrrole nitrogens is 1. The second-order valence-corrected chi connectivity index (χ2v) is 7.42. The van der Waals surface area contributed by atoms with Crippen LogP contribution in [-0.2, 0) is 9.53 Å². The molecule has 6 heteroatoms. The van der Waals surface area contributed by atoms with Crippen LogP contribution in [0.4, 0.5) is 0 Å². The minimum atomic E-state index is -0.607. The van der Waals surface area contributed by atoms with E-state index in [1.165, 1.54) is 0 Å². The number of aromatic amines is 1. The summed E-state index contributed by atoms with van der Waals surface area (Å²) in [5.74, 6) is -0.148. The highest BCUT2D eigenvalue weighted by Gasteiger charge is 2.60. The summed E-state index contributed by atoms with van der Waals surface area (Å²) in [4.78, 5) is 15.1. The molecule has 3 atom stereocenters. The van der Waals surface area contributed by atoms with Crippen molar-refractivity contribution >= 4 is 5.97 Å². The molecule has 6 nitrogen and oxygen atoms in total. The number of aromatic nitrogens is 2. The molecule has 0 unspecified atom stereocenters. The molecule has 2 saturated heterocycles. The first kappa shape index (κ1) is 15.5. The first-order chi connectivity index (χ1) is 10.4. The van der Waals surface area contributed by atoms with E-state index in [1.807, 2.05) is 26.8 Å². The third kappa shape index (κ3) is 2.44. The maximum atomic E-state index is 12.9. The Hall–Kier alpha value is -1.40. The zero-order valence-corrected chi connectivity index (χ0v) is 13.5. The fraction of sp³-hybridized carbons (Fsp3) is 0.750. The Morgan fingerprint density at radius 3 is 2.95 bits per heavy atom. The van der Waals surface area contributed by atoms with Crippen LogP contribution in [0.25, 0.3) is 0 Å². The van der Waals surface area contributed by atoms with Crippen LogP contribution in [0.1, 0.15) is 51.8 Å². The van der Waals surface area contributed by atoms with E-state index in [4.69, 9.17) is 4.74 Å². The van der Waals surface area contributed by atoms with Crippen molar-refractivity contribution < 1.29 is 14.6 Å². The second-order valence-electron chi connectivity index (χ2n) is 7.42. The Kier molecular flexibility index (Phi) is 3.77. The summed E-state index contributed by atoms with van der Waals surface area (Å²) in [5.41, 5.74) is -0.213. The summed E-state index contributed by atoms with van der Waals surface area (Å²) in [6, 6.07) is 1.91. The molecular weight excluding hydrogens is 282 g/mol. The molecule has 0 saturated carbocycles. The maximum Gasteiger partial charge on any atom is 0.327 e. The Morgan fingerprint density at radius 2 is 2.36 bits per heavy atom. The van der Waals surface area contributed by atoms with Crippen molar-refractivity contribution in [2.24, 2.45) is 5.92 Å². The molecule has 3 heterocycles. The largest absolute Gasteiger partial charge is 0.459 e. The van der Waals surface area contributed by atoms with E-state index in [0.717, 1.165) is 25.1 Å². The topological polar surface area (TPSA) is 78.5 Å². The molecule has 0 spiro atoms. The van der Waals surface area contributed by atoms with Gasteiger partial charge in [-0.1, -0.05) is 0 Å². The van der Waals surface area contributed by atoms with E-state index in [9.17, 15) is 9.90 Å². The number of carbonyl (C=O) groups excluding carboxylic acids is 1. The van der Waals surface area contributed by atoms with Gasteiger partial charge in [-0.15, -0.1) is 0 Å². The van der Waals surface area contributed by atoms with Crippen molar-refractivity contribution in [2.45, 2.75) is 57.2 Å². The number of carbonyl (C=O) groups is 1. The lowest BCUT2D eigenvalue weighted by Crippen LogP contribution is -2.49. The highest BCUT2D eigenvalue weighted by Crippen LogP contribution is 2.52. The molecular formula is C16H25N3O3. The monoisotopic (exact) mass is 307 g/mol. The fourth-order valence-corrected chi connectivity index (χ4v) is 4.00. The molecule has 1 aromatic heterocycles. The van der Waals surface area contributed by atoms with Crippen LogP contribution in [0.15, 0.2) is 12.3 Å². The SMILES string of the molecule is CC(C)(C)OC(=O)[C@@]12CCCN1[C@H](c1cc[nH]n1)[C@H](CO)C2. The lowest BCUT2D eigenvalue weighted by molar-refractivity contribution is -0.167. The van der Waals surface area contributed by atoms with Crippen molar-refractivity contribution in [3.8, 4) is 0 Å². The molecule has 0 radical (unpaired) electrons. The standard InChI is InChI=1S/C16H25N3O3/c1-15(2,3)22-14(21)16-6-4-8-19(16)13(11(9-16)10-20)12-5-7-17-18-12/h5,7,11,13,20H,4,6,8-10H2,1-3H3,(H,17,18)/t11-,13-,16-/m0/s1. The van der Waals surface area contributed by atoms with Crippen molar-refractivity contribution in [1.82, 2.24) is 15.1 Å². The average Bonchev–Trinajstić information content (AvgIpc) is 3.10. The van der Waals surface area contributed by atoms with E-state index < -0.39 is 11.1 Å². The number of nitrogens with one attached hydrogen (secondary N) is 1. The van der Waals surface area contributed by atoms with Gasteiger partial charge in [0, 0.05) is 25.3 Å². The number of hydrogen-bond acceptors (Lipinski definition) is 5. The van der Waals surface area contributed by atoms with Gasteiger partial charge in [0.25, 0.3) is 0 Å². The number of esters is 1. The average molecular weight is 307 g/mol. The Balaban J connectivity index is 1.93. The number of rotatable bonds is 3. The van der Waals surface area contributed by atoms with Crippen LogP contribution in [0, 0.1) is 5.92 Å². The van der Waals surface area contributed by atoms with Gasteiger partial charge in [0.05, 0.1) is 11.7 Å². The number of nitrogens with zero attached hydrogens (tertiary/aromatic N) is 2. The molecule has 2 aliphatic rings. The smallest absolute Gasteiger partial charge is 0.327 e. The molecule has 22 heavy (non-hydrogen) atoms. The van der Waals surface area contributed by atoms with Crippen LogP contribution in [0.2, 0.25) is 0 Å². The molecule has 0 aliphatic carbocycles. The molecule has 122 valence electrons. The van der Waals surface area contributed by atoms with Crippen molar-refractivity contribution in [2.75, 3.05) is 13.2 Å². The first-order valence-electron chi connectivity index (χ1n) is 7.98. The molecule has 3 rings (SSSR count). The zero-order chi connectivity index (χ0) is 16.0. The maximum absolute atomic E-state index is 12.9. The van der Waals surface area contributed by atoms with Crippen molar-refractivity contribution in [3.63, 3.8) is 0 Å². The van der Waals surface area contributed by atoms with Crippen molar-refractivity contribution in [1.29, 1.82) is 0 Å². The molecule has 1 aromatic rings. The number of ether oxygens (including phenoxy) is 1. The van der Waals surface area contributed by atoms with Crippen LogP contribution < -0.4 is 0 Å². The molecule has 0 amide bonds. The minimum Gasteiger partial charge on any atom is -0.459 e. The van der Waals surface area contributed by atoms with Crippen molar-refractivity contribution in [3.05, 3.63) is 18.0 Å². The summed E-state index contributed by atoms with van der Waals surface area (Å²) < 4.78 is 5.69. The van der Waals surface area contributed by atoms with Gasteiger partial charge in [0.1, 0.15) is 11.1 Å². The predicted molar refractivity (Wildman–Crippen MR) is 81.0 cm³/mol. The molecule has 2 fully saturated rings. The third-order valence-corrected chi connectivity index (χ3v) is 4.76. The second kappa shape index (κ2) is 5.35. The predicted octanol–water partition coefficient (Wildman–Crippen LogP) is 1.64. The van der Waals surface area contributed by atoms with E-state index in [-0.39, 0.29) is 24.5 Å². The summed E-state index contributed by atoms with van der Waals surface area (Å²) in [6.45, 7) is 6.57. The number of aliphatic hydroxyl groups excluding tert-OH is 1. The Morgan fingerprint density at radius 1 is 1.59 bits per heavy atom. The van der Waals surface area contributed by atoms with E-state index in [0.29, 0.717) is 6.42 Å². The van der Waals surface area contributed by atoms with E-state index >= 15 is 0 Å². The molecule has 0 bridgehead atoms. The highest BCUT2D eigenvalue weighted by molar-refractivity contribution is 5.82. The molecule has 2 N–H and O–H groups in total. The fourth-order valence-electron chi connectivity index (χ4n) is 4.00. The van der Waals surface area contributed by atoms with Crippen LogP contribution in [0.3, 0.4) is 0 Å². The summed E-state index contributed by atoms with van der Waals surface area (Å²) in [7, 11) is 0. The van der Waals surface area contributed by atoms with Gasteiger partial charge in [0.2, 0.25) is 0 Å². The van der Waals surface area contributed by atoms with Gasteiger partial charge in [-0.25, -0.2) is 0 Å². The lowest BCUT2D eigenvalue weighted by atomic mass is 9.88. The van der Waals surface area contributed by atoms with Gasteiger partial charge >= 0.3 is 5.97 Å². The lowest BCUT2D eigenvalue weighted by Gasteiger charge is -2.34. The Labute approximate surface area is 130 Å². The number of aliphatic hydroxyl groups is 1. The Bertz CT molecular complexity index is 537. The van der Waals surface area contributed by atoms with E-state index in [1.54, 1.807) is 6.20 Å². The summed E-state index contributed by atoms with van der Waals surface area (Å²) >= 11 is 0. The minimum absolute atomic E-state index is 0.0103. The molecule has 0 aromatic carbocycles. The van der Waals surface area contributed by atoms with Gasteiger partial charge in [-0.3, -0.25) is 14.8 Å². The highest BCUT2D eigenvalue weighted by atomic mass is 16.6. The molecule has 2 aliphatic heterocycles. The third-order valence-electron chi connectivity index (χ3n) is 4.76. The van der Waals surface area contributed by atoms with Gasteiger partial charge in [-0.2, -0.15) is 5.10 Å². The summed E-state index contributed by atoms with van der Waals surface area (Å²) in [6.07, 6.45) is 4.18. The number of fused-ring (bicyclic) bond motifs is 1. The van der Waals surface area contributed by atoms with E-state index in [2.05, 4.69) is 15.1 Å². The first-order valence-corrected chi connectivity index (χ1v) is 7.98. The quantitative estimate of drug-likeness (QED) is 0.830. The normalized spacial score (nSPS) is 32.2. The summed E-state index contributed by atoms with van der Waals surface area (Å²) in [5, 5.41) is 16.9. The number of hydrogen-bond donors (Lipinski definition) is 2. The van der Waals surface area contributed by atoms with Crippen LogP contribution in [0.5, 0.6) is 0 Å². The van der Waals surface area contributed by atoms with Crippen LogP contribution in [-0.4, -0.2) is 50.5 Å². The zero-order valence-electron chi connectivity index (χ0n) is 13.5. The van der Waals surface area contributed by atoms with Gasteiger partial charge < -0.3 is 9.84 Å². The van der Waals surface area contributed by atoms with Gasteiger partial charge in [0.15, 0.2) is 0 Å². The van der Waals surface area contributed by atoms with Crippen LogP contribution >= 0.6 is 0 Å². The van der Waals surface area contributed by atoms with Gasteiger partial charge in [-0.05, 0) is 46.1 Å².